The molecule has 2 saturated heterocycles. The van der Waals surface area contributed by atoms with Gasteiger partial charge < -0.3 is 25.0 Å². The van der Waals surface area contributed by atoms with E-state index in [2.05, 4.69) is 24.1 Å². The number of nitrogens with zero attached hydrogens (tertiary/aromatic N) is 1. The highest BCUT2D eigenvalue weighted by molar-refractivity contribution is 5.85. The number of hydrogen-bond acceptors (Lipinski definition) is 6. The third-order valence-corrected chi connectivity index (χ3v) is 3.84. The molecule has 128 valence electrons. The first kappa shape index (κ1) is 21.3. The Morgan fingerprint density at radius 1 is 1.19 bits per heavy atom. The molecule has 3 N–H and O–H groups in total. The van der Waals surface area contributed by atoms with Crippen molar-refractivity contribution in [3.8, 4) is 0 Å². The number of aliphatic hydroxyl groups excluding tert-OH is 2. The lowest BCUT2D eigenvalue weighted by molar-refractivity contribution is -0.0230. The molecule has 0 aromatic rings. The molecule has 2 heterocycles. The maximum Gasteiger partial charge on any atom is 0.109 e. The van der Waals surface area contributed by atoms with Gasteiger partial charge in [0, 0.05) is 25.7 Å². The second-order valence-corrected chi connectivity index (χ2v) is 5.59. The van der Waals surface area contributed by atoms with Crippen LogP contribution in [0.15, 0.2) is 0 Å². The normalized spacial score (nSPS) is 33.6. The van der Waals surface area contributed by atoms with Crippen molar-refractivity contribution >= 4 is 24.8 Å². The molecule has 0 saturated carbocycles. The average Bonchev–Trinajstić information content (AvgIpc) is 2.73. The molecule has 8 heteroatoms. The minimum absolute atomic E-state index is 0. The largest absolute Gasteiger partial charge is 0.394 e. The molecule has 2 aliphatic heterocycles. The summed E-state index contributed by atoms with van der Waals surface area (Å²) in [6.45, 7) is 7.71. The Labute approximate surface area is 139 Å². The molecule has 2 aliphatic rings. The number of rotatable bonds is 5. The third-order valence-electron chi connectivity index (χ3n) is 3.84. The molecule has 2 rings (SSSR count). The van der Waals surface area contributed by atoms with Crippen molar-refractivity contribution in [2.24, 2.45) is 0 Å². The van der Waals surface area contributed by atoms with Gasteiger partial charge in [-0.05, 0) is 0 Å². The number of aliphatic hydroxyl groups is 2. The van der Waals surface area contributed by atoms with E-state index in [4.69, 9.17) is 9.47 Å². The summed E-state index contributed by atoms with van der Waals surface area (Å²) >= 11 is 0. The van der Waals surface area contributed by atoms with Crippen LogP contribution in [0.5, 0.6) is 0 Å². The van der Waals surface area contributed by atoms with Gasteiger partial charge in [0.2, 0.25) is 0 Å². The van der Waals surface area contributed by atoms with Crippen LogP contribution in [0.4, 0.5) is 0 Å². The van der Waals surface area contributed by atoms with E-state index in [1.807, 2.05) is 0 Å². The Hall–Kier alpha value is 0.340. The summed E-state index contributed by atoms with van der Waals surface area (Å²) in [5.41, 5.74) is 0. The Morgan fingerprint density at radius 2 is 1.81 bits per heavy atom. The van der Waals surface area contributed by atoms with E-state index in [9.17, 15) is 10.2 Å². The molecule has 0 aromatic carbocycles. The molecular weight excluding hydrogens is 319 g/mol. The Bertz CT molecular complexity index is 281. The van der Waals surface area contributed by atoms with E-state index >= 15 is 0 Å². The van der Waals surface area contributed by atoms with Crippen molar-refractivity contribution < 1.29 is 19.7 Å². The SMILES string of the molecule is CC(C)NC[C@H]1O[C@@H](CO)[C@@H](O)[C@H]1N1CCOCC1.Cl.Cl. The molecule has 0 spiro atoms. The number of nitrogens with one attached hydrogen (secondary N) is 1. The highest BCUT2D eigenvalue weighted by Crippen LogP contribution is 2.26. The van der Waals surface area contributed by atoms with Gasteiger partial charge in [0.25, 0.3) is 0 Å². The van der Waals surface area contributed by atoms with E-state index in [0.717, 1.165) is 13.1 Å². The predicted octanol–water partition coefficient (Wildman–Crippen LogP) is -0.351. The quantitative estimate of drug-likeness (QED) is 0.631. The van der Waals surface area contributed by atoms with Crippen LogP contribution < -0.4 is 5.32 Å². The Kier molecular flexibility index (Phi) is 10.3. The van der Waals surface area contributed by atoms with Gasteiger partial charge >= 0.3 is 0 Å². The summed E-state index contributed by atoms with van der Waals surface area (Å²) in [6, 6.07) is 0.312. The van der Waals surface area contributed by atoms with Crippen molar-refractivity contribution in [2.45, 2.75) is 44.2 Å². The van der Waals surface area contributed by atoms with Crippen LogP contribution in [-0.2, 0) is 9.47 Å². The zero-order chi connectivity index (χ0) is 13.8. The van der Waals surface area contributed by atoms with Crippen LogP contribution in [0.25, 0.3) is 0 Å². The summed E-state index contributed by atoms with van der Waals surface area (Å²) in [5.74, 6) is 0. The van der Waals surface area contributed by atoms with Gasteiger partial charge in [0.1, 0.15) is 12.2 Å². The Morgan fingerprint density at radius 3 is 2.33 bits per heavy atom. The molecule has 0 unspecified atom stereocenters. The van der Waals surface area contributed by atoms with Gasteiger partial charge in [0.15, 0.2) is 0 Å². The van der Waals surface area contributed by atoms with Gasteiger partial charge in [-0.15, -0.1) is 24.8 Å². The summed E-state index contributed by atoms with van der Waals surface area (Å²) in [5, 5.41) is 23.0. The van der Waals surface area contributed by atoms with Crippen molar-refractivity contribution in [3.05, 3.63) is 0 Å². The van der Waals surface area contributed by atoms with Crippen LogP contribution in [-0.4, -0.2) is 85.0 Å². The topological polar surface area (TPSA) is 74.2 Å². The molecular formula is C13H28Cl2N2O4. The highest BCUT2D eigenvalue weighted by Gasteiger charge is 2.46. The molecule has 0 aromatic heterocycles. The van der Waals surface area contributed by atoms with Gasteiger partial charge in [-0.1, -0.05) is 13.8 Å². The number of hydrogen-bond donors (Lipinski definition) is 3. The molecule has 21 heavy (non-hydrogen) atoms. The fraction of sp³-hybridized carbons (Fsp3) is 1.00. The molecule has 6 nitrogen and oxygen atoms in total. The lowest BCUT2D eigenvalue weighted by Gasteiger charge is -2.36. The number of ether oxygens (including phenoxy) is 2. The van der Waals surface area contributed by atoms with Crippen molar-refractivity contribution in [1.29, 1.82) is 0 Å². The van der Waals surface area contributed by atoms with Crippen molar-refractivity contribution in [2.75, 3.05) is 39.5 Å². The first-order valence-electron chi connectivity index (χ1n) is 7.13. The van der Waals surface area contributed by atoms with Crippen LogP contribution in [0.1, 0.15) is 13.8 Å². The fourth-order valence-corrected chi connectivity index (χ4v) is 2.82. The molecule has 4 atom stereocenters. The molecule has 2 fully saturated rings. The summed E-state index contributed by atoms with van der Waals surface area (Å²) in [7, 11) is 0. The second kappa shape index (κ2) is 10.2. The number of halogens is 2. The fourth-order valence-electron chi connectivity index (χ4n) is 2.82. The molecule has 0 aliphatic carbocycles. The smallest absolute Gasteiger partial charge is 0.109 e. The minimum atomic E-state index is -0.637. The summed E-state index contributed by atoms with van der Waals surface area (Å²) in [4.78, 5) is 2.22. The summed E-state index contributed by atoms with van der Waals surface area (Å²) < 4.78 is 11.1. The van der Waals surface area contributed by atoms with Gasteiger partial charge in [-0.3, -0.25) is 4.90 Å². The number of morpholine rings is 1. The van der Waals surface area contributed by atoms with E-state index < -0.39 is 12.2 Å². The molecule has 0 bridgehead atoms. The average molecular weight is 347 g/mol. The van der Waals surface area contributed by atoms with Crippen LogP contribution in [0.3, 0.4) is 0 Å². The predicted molar refractivity (Wildman–Crippen MR) is 85.6 cm³/mol. The maximum absolute atomic E-state index is 10.3. The van der Waals surface area contributed by atoms with Gasteiger partial charge in [-0.25, -0.2) is 0 Å². The Balaban J connectivity index is 0.00000200. The monoisotopic (exact) mass is 346 g/mol. The van der Waals surface area contributed by atoms with E-state index in [1.54, 1.807) is 0 Å². The van der Waals surface area contributed by atoms with E-state index in [1.165, 1.54) is 0 Å². The first-order valence-corrected chi connectivity index (χ1v) is 7.13. The third kappa shape index (κ3) is 5.48. The van der Waals surface area contributed by atoms with Gasteiger partial charge in [-0.2, -0.15) is 0 Å². The van der Waals surface area contributed by atoms with Crippen molar-refractivity contribution in [3.63, 3.8) is 0 Å². The van der Waals surface area contributed by atoms with Crippen LogP contribution in [0.2, 0.25) is 0 Å². The van der Waals surface area contributed by atoms with Crippen LogP contribution >= 0.6 is 24.8 Å². The molecule has 0 amide bonds. The summed E-state index contributed by atoms with van der Waals surface area (Å²) in [6.07, 6.45) is -1.21. The lowest BCUT2D eigenvalue weighted by atomic mass is 10.0. The lowest BCUT2D eigenvalue weighted by Crippen LogP contribution is -2.54. The minimum Gasteiger partial charge on any atom is -0.394 e. The second-order valence-electron chi connectivity index (χ2n) is 5.59. The van der Waals surface area contributed by atoms with E-state index in [-0.39, 0.29) is 43.6 Å². The standard InChI is InChI=1S/C13H26N2O4.2ClH/c1-9(2)14-7-10-12(13(17)11(8-16)19-10)15-3-5-18-6-4-15;;/h9-14,16-17H,3-8H2,1-2H3;2*1H/t10-,11+,12+,13-;;/m1../s1. The highest BCUT2D eigenvalue weighted by atomic mass is 35.5. The van der Waals surface area contributed by atoms with E-state index in [0.29, 0.717) is 25.8 Å². The van der Waals surface area contributed by atoms with Crippen molar-refractivity contribution in [1.82, 2.24) is 10.2 Å². The van der Waals surface area contributed by atoms with Crippen LogP contribution in [0, 0.1) is 0 Å². The molecule has 0 radical (unpaired) electrons. The van der Waals surface area contributed by atoms with Gasteiger partial charge in [0.05, 0.1) is 32.0 Å². The first-order chi connectivity index (χ1) is 9.13. The zero-order valence-electron chi connectivity index (χ0n) is 12.6. The zero-order valence-corrected chi connectivity index (χ0v) is 14.2. The maximum atomic E-state index is 10.3.